The van der Waals surface area contributed by atoms with Crippen LogP contribution in [0.4, 0.5) is 13.2 Å². The van der Waals surface area contributed by atoms with Crippen LogP contribution in [-0.4, -0.2) is 16.5 Å². The lowest BCUT2D eigenvalue weighted by Crippen LogP contribution is -2.28. The quantitative estimate of drug-likeness (QED) is 0.903. The van der Waals surface area contributed by atoms with Crippen molar-refractivity contribution in [2.75, 3.05) is 5.75 Å². The standard InChI is InChI=1S/C14H20F3NS/c1-13(2,3)19-9-12(18)8-10-4-6-11(7-5-10)14(15,16)17/h4-7,12H,8-9,18H2,1-3H3. The van der Waals surface area contributed by atoms with E-state index in [9.17, 15) is 13.2 Å². The van der Waals surface area contributed by atoms with Gasteiger partial charge in [0.05, 0.1) is 5.56 Å². The van der Waals surface area contributed by atoms with Crippen LogP contribution >= 0.6 is 11.8 Å². The zero-order chi connectivity index (χ0) is 14.7. The lowest BCUT2D eigenvalue weighted by atomic mass is 10.1. The van der Waals surface area contributed by atoms with Crippen LogP contribution in [0.25, 0.3) is 0 Å². The summed E-state index contributed by atoms with van der Waals surface area (Å²) in [7, 11) is 0. The number of rotatable bonds is 4. The van der Waals surface area contributed by atoms with E-state index in [1.165, 1.54) is 12.1 Å². The van der Waals surface area contributed by atoms with Crippen LogP contribution in [0.5, 0.6) is 0 Å². The number of benzene rings is 1. The second-order valence-electron chi connectivity index (χ2n) is 5.58. The monoisotopic (exact) mass is 291 g/mol. The molecule has 19 heavy (non-hydrogen) atoms. The highest BCUT2D eigenvalue weighted by atomic mass is 32.2. The highest BCUT2D eigenvalue weighted by molar-refractivity contribution is 8.00. The van der Waals surface area contributed by atoms with Gasteiger partial charge in [0.1, 0.15) is 0 Å². The first-order chi connectivity index (χ1) is 8.58. The highest BCUT2D eigenvalue weighted by Gasteiger charge is 2.29. The van der Waals surface area contributed by atoms with E-state index in [0.29, 0.717) is 6.42 Å². The Bertz CT molecular complexity index is 393. The Kier molecular flexibility index (Phi) is 5.33. The van der Waals surface area contributed by atoms with Crippen molar-refractivity contribution >= 4 is 11.8 Å². The summed E-state index contributed by atoms with van der Waals surface area (Å²) >= 11 is 1.76. The second kappa shape index (κ2) is 6.18. The van der Waals surface area contributed by atoms with Crippen molar-refractivity contribution in [1.29, 1.82) is 0 Å². The number of halogens is 3. The molecule has 0 aromatic heterocycles. The van der Waals surface area contributed by atoms with Gasteiger partial charge in [-0.3, -0.25) is 0 Å². The molecule has 108 valence electrons. The van der Waals surface area contributed by atoms with Crippen LogP contribution in [0.15, 0.2) is 24.3 Å². The summed E-state index contributed by atoms with van der Waals surface area (Å²) in [6, 6.07) is 5.19. The van der Waals surface area contributed by atoms with E-state index in [4.69, 9.17) is 5.73 Å². The molecule has 1 atom stereocenters. The van der Waals surface area contributed by atoms with Crippen molar-refractivity contribution in [2.24, 2.45) is 5.73 Å². The molecule has 2 N–H and O–H groups in total. The zero-order valence-corrected chi connectivity index (χ0v) is 12.2. The minimum absolute atomic E-state index is 0.0408. The summed E-state index contributed by atoms with van der Waals surface area (Å²) in [5.74, 6) is 0.796. The molecule has 0 saturated heterocycles. The van der Waals surface area contributed by atoms with Gasteiger partial charge >= 0.3 is 6.18 Å². The lowest BCUT2D eigenvalue weighted by molar-refractivity contribution is -0.137. The summed E-state index contributed by atoms with van der Waals surface area (Å²) < 4.78 is 37.4. The van der Waals surface area contributed by atoms with Crippen molar-refractivity contribution in [2.45, 2.75) is 44.2 Å². The van der Waals surface area contributed by atoms with Crippen LogP contribution in [0.1, 0.15) is 31.9 Å². The third-order valence-electron chi connectivity index (χ3n) is 2.51. The third kappa shape index (κ3) is 6.34. The van der Waals surface area contributed by atoms with Gasteiger partial charge in [0.2, 0.25) is 0 Å². The van der Waals surface area contributed by atoms with Gasteiger partial charge in [0.15, 0.2) is 0 Å². The molecule has 0 aliphatic rings. The normalized spacial score (nSPS) is 14.5. The Balaban J connectivity index is 2.54. The predicted molar refractivity (Wildman–Crippen MR) is 75.3 cm³/mol. The van der Waals surface area contributed by atoms with E-state index in [0.717, 1.165) is 23.4 Å². The predicted octanol–water partition coefficient (Wildman–Crippen LogP) is 4.11. The summed E-state index contributed by atoms with van der Waals surface area (Å²) in [6.07, 6.45) is -3.68. The Labute approximate surface area is 116 Å². The van der Waals surface area contributed by atoms with Crippen molar-refractivity contribution in [3.05, 3.63) is 35.4 Å². The van der Waals surface area contributed by atoms with Crippen LogP contribution in [0, 0.1) is 0 Å². The maximum atomic E-state index is 12.4. The highest BCUT2D eigenvalue weighted by Crippen LogP contribution is 2.29. The van der Waals surface area contributed by atoms with Crippen LogP contribution in [0.3, 0.4) is 0 Å². The molecule has 5 heteroatoms. The molecule has 0 aliphatic heterocycles. The van der Waals surface area contributed by atoms with Crippen molar-refractivity contribution in [1.82, 2.24) is 0 Å². The van der Waals surface area contributed by atoms with Gasteiger partial charge in [0, 0.05) is 16.5 Å². The van der Waals surface area contributed by atoms with Gasteiger partial charge in [-0.1, -0.05) is 32.9 Å². The number of nitrogens with two attached hydrogens (primary N) is 1. The molecule has 1 aromatic carbocycles. The van der Waals surface area contributed by atoms with Crippen LogP contribution in [-0.2, 0) is 12.6 Å². The van der Waals surface area contributed by atoms with Gasteiger partial charge in [-0.2, -0.15) is 24.9 Å². The van der Waals surface area contributed by atoms with Crippen molar-refractivity contribution in [3.63, 3.8) is 0 Å². The molecule has 1 aromatic rings. The Morgan fingerprint density at radius 1 is 1.11 bits per heavy atom. The third-order valence-corrected chi connectivity index (χ3v) is 3.97. The number of alkyl halides is 3. The van der Waals surface area contributed by atoms with Crippen molar-refractivity contribution in [3.8, 4) is 0 Å². The smallest absolute Gasteiger partial charge is 0.327 e. The Morgan fingerprint density at radius 3 is 2.05 bits per heavy atom. The molecule has 0 heterocycles. The van der Waals surface area contributed by atoms with E-state index in [1.54, 1.807) is 11.8 Å². The summed E-state index contributed by atoms with van der Waals surface area (Å²) in [5.41, 5.74) is 6.22. The summed E-state index contributed by atoms with van der Waals surface area (Å²) in [6.45, 7) is 6.34. The van der Waals surface area contributed by atoms with Crippen molar-refractivity contribution < 1.29 is 13.2 Å². The fraction of sp³-hybridized carbons (Fsp3) is 0.571. The first-order valence-electron chi connectivity index (χ1n) is 6.13. The number of thioether (sulfide) groups is 1. The molecule has 0 bridgehead atoms. The molecule has 0 spiro atoms. The molecular weight excluding hydrogens is 271 g/mol. The largest absolute Gasteiger partial charge is 0.416 e. The molecule has 1 nitrogen and oxygen atoms in total. The lowest BCUT2D eigenvalue weighted by Gasteiger charge is -2.20. The van der Waals surface area contributed by atoms with E-state index in [1.807, 2.05) is 0 Å². The molecule has 0 radical (unpaired) electrons. The fourth-order valence-corrected chi connectivity index (χ4v) is 2.38. The summed E-state index contributed by atoms with van der Waals surface area (Å²) in [4.78, 5) is 0. The molecule has 1 rings (SSSR count). The average molecular weight is 291 g/mol. The van der Waals surface area contributed by atoms with E-state index < -0.39 is 11.7 Å². The maximum Gasteiger partial charge on any atom is 0.416 e. The van der Waals surface area contributed by atoms with Gasteiger partial charge in [-0.25, -0.2) is 0 Å². The van der Waals surface area contributed by atoms with E-state index >= 15 is 0 Å². The Hall–Kier alpha value is -0.680. The summed E-state index contributed by atoms with van der Waals surface area (Å²) in [5, 5.41) is 0. The number of hydrogen-bond acceptors (Lipinski definition) is 2. The molecule has 0 amide bonds. The van der Waals surface area contributed by atoms with Crippen LogP contribution < -0.4 is 5.73 Å². The molecule has 0 aliphatic carbocycles. The first kappa shape index (κ1) is 16.4. The Morgan fingerprint density at radius 2 is 1.63 bits per heavy atom. The maximum absolute atomic E-state index is 12.4. The van der Waals surface area contributed by atoms with E-state index in [-0.39, 0.29) is 10.8 Å². The fourth-order valence-electron chi connectivity index (χ4n) is 1.55. The molecule has 0 fully saturated rings. The van der Waals surface area contributed by atoms with Gasteiger partial charge in [-0.15, -0.1) is 0 Å². The van der Waals surface area contributed by atoms with Gasteiger partial charge in [-0.05, 0) is 24.1 Å². The molecule has 1 unspecified atom stereocenters. The minimum atomic E-state index is -4.28. The topological polar surface area (TPSA) is 26.0 Å². The molecule has 0 saturated carbocycles. The minimum Gasteiger partial charge on any atom is -0.327 e. The van der Waals surface area contributed by atoms with Gasteiger partial charge < -0.3 is 5.73 Å². The first-order valence-corrected chi connectivity index (χ1v) is 7.12. The van der Waals surface area contributed by atoms with Gasteiger partial charge in [0.25, 0.3) is 0 Å². The average Bonchev–Trinajstić information content (AvgIpc) is 2.25. The van der Waals surface area contributed by atoms with Crippen LogP contribution in [0.2, 0.25) is 0 Å². The number of hydrogen-bond donors (Lipinski definition) is 1. The molecular formula is C14H20F3NS. The second-order valence-corrected chi connectivity index (χ2v) is 7.43. The SMILES string of the molecule is CC(C)(C)SCC(N)Cc1ccc(C(F)(F)F)cc1. The van der Waals surface area contributed by atoms with E-state index in [2.05, 4.69) is 20.8 Å². The zero-order valence-electron chi connectivity index (χ0n) is 11.4.